The molecule has 4 aromatic rings. The number of rotatable bonds is 3. The van der Waals surface area contributed by atoms with Crippen LogP contribution in [0, 0.1) is 0 Å². The van der Waals surface area contributed by atoms with Crippen molar-refractivity contribution in [3.05, 3.63) is 78.1 Å². The first-order valence-corrected chi connectivity index (χ1v) is 8.15. The van der Waals surface area contributed by atoms with E-state index in [0.29, 0.717) is 10.6 Å². The molecule has 0 bridgehead atoms. The summed E-state index contributed by atoms with van der Waals surface area (Å²) >= 11 is 1.34. The zero-order valence-electron chi connectivity index (χ0n) is 12.5. The van der Waals surface area contributed by atoms with Crippen molar-refractivity contribution < 1.29 is 9.90 Å². The normalized spacial score (nSPS) is 10.8. The van der Waals surface area contributed by atoms with Crippen LogP contribution in [0.15, 0.2) is 73.2 Å². The third kappa shape index (κ3) is 2.53. The molecule has 0 aliphatic rings. The van der Waals surface area contributed by atoms with Crippen LogP contribution in [0.1, 0.15) is 9.67 Å². The van der Waals surface area contributed by atoms with Gasteiger partial charge in [0, 0.05) is 30.0 Å². The quantitative estimate of drug-likeness (QED) is 0.614. The van der Waals surface area contributed by atoms with Gasteiger partial charge >= 0.3 is 0 Å². The van der Waals surface area contributed by atoms with E-state index in [9.17, 15) is 9.90 Å². The van der Waals surface area contributed by atoms with E-state index in [1.807, 2.05) is 40.9 Å². The Morgan fingerprint density at radius 3 is 2.46 bits per heavy atom. The van der Waals surface area contributed by atoms with E-state index >= 15 is 0 Å². The number of fused-ring (bicyclic) bond motifs is 1. The molecule has 0 aliphatic heterocycles. The Hall–Kier alpha value is -3.12. The molecule has 0 spiro atoms. The Morgan fingerprint density at radius 2 is 1.75 bits per heavy atom. The van der Waals surface area contributed by atoms with E-state index in [2.05, 4.69) is 4.98 Å². The van der Waals surface area contributed by atoms with Crippen LogP contribution in [-0.2, 0) is 0 Å². The molecule has 2 aromatic heterocycles. The van der Waals surface area contributed by atoms with Crippen LogP contribution in [0.3, 0.4) is 0 Å². The van der Waals surface area contributed by atoms with Crippen molar-refractivity contribution in [1.29, 1.82) is 0 Å². The standard InChI is InChI=1S/C18H13N3O2S/c22-15-8-6-14(7-9-15)21(13-4-2-1-3-5-13)17(23)16-12-20-11-10-19-18(20)24-16/h1-12,22H. The van der Waals surface area contributed by atoms with Gasteiger partial charge in [0.2, 0.25) is 0 Å². The van der Waals surface area contributed by atoms with Crippen molar-refractivity contribution in [3.8, 4) is 5.75 Å². The van der Waals surface area contributed by atoms with Gasteiger partial charge in [-0.15, -0.1) is 0 Å². The van der Waals surface area contributed by atoms with Crippen LogP contribution in [0.2, 0.25) is 0 Å². The highest BCUT2D eigenvalue weighted by atomic mass is 32.1. The van der Waals surface area contributed by atoms with Gasteiger partial charge in [-0.3, -0.25) is 14.1 Å². The zero-order chi connectivity index (χ0) is 16.5. The molecule has 118 valence electrons. The van der Waals surface area contributed by atoms with Crippen molar-refractivity contribution >= 4 is 33.6 Å². The van der Waals surface area contributed by atoms with Gasteiger partial charge in [0.05, 0.1) is 0 Å². The highest BCUT2D eigenvalue weighted by molar-refractivity contribution is 7.19. The summed E-state index contributed by atoms with van der Waals surface area (Å²) in [5.74, 6) is 0.0243. The maximum absolute atomic E-state index is 13.1. The molecular weight excluding hydrogens is 322 g/mol. The Morgan fingerprint density at radius 1 is 1.04 bits per heavy atom. The third-order valence-electron chi connectivity index (χ3n) is 3.63. The average Bonchev–Trinajstić information content (AvgIpc) is 3.19. The summed E-state index contributed by atoms with van der Waals surface area (Å²) in [6.45, 7) is 0. The first-order valence-electron chi connectivity index (χ1n) is 7.33. The number of aromatic hydroxyl groups is 1. The minimum Gasteiger partial charge on any atom is -0.508 e. The number of amides is 1. The van der Waals surface area contributed by atoms with Crippen LogP contribution in [0.4, 0.5) is 11.4 Å². The molecule has 2 heterocycles. The van der Waals surface area contributed by atoms with Crippen LogP contribution in [0.25, 0.3) is 4.96 Å². The number of phenols is 1. The maximum Gasteiger partial charge on any atom is 0.274 e. The van der Waals surface area contributed by atoms with Gasteiger partial charge in [-0.2, -0.15) is 0 Å². The summed E-state index contributed by atoms with van der Waals surface area (Å²) in [4.78, 5) is 20.3. The van der Waals surface area contributed by atoms with Crippen LogP contribution >= 0.6 is 11.3 Å². The van der Waals surface area contributed by atoms with E-state index in [1.165, 1.54) is 11.3 Å². The minimum absolute atomic E-state index is 0.137. The Bertz CT molecular complexity index is 961. The van der Waals surface area contributed by atoms with Crippen LogP contribution in [0.5, 0.6) is 5.75 Å². The van der Waals surface area contributed by atoms with Crippen molar-refractivity contribution in [2.45, 2.75) is 0 Å². The second kappa shape index (κ2) is 5.82. The number of carbonyl (C=O) groups excluding carboxylic acids is 1. The number of hydrogen-bond donors (Lipinski definition) is 1. The topological polar surface area (TPSA) is 57.8 Å². The molecule has 0 fully saturated rings. The van der Waals surface area contributed by atoms with Gasteiger partial charge in [-0.05, 0) is 36.4 Å². The number of nitrogens with zero attached hydrogens (tertiary/aromatic N) is 3. The van der Waals surface area contributed by atoms with Gasteiger partial charge in [0.1, 0.15) is 10.6 Å². The van der Waals surface area contributed by atoms with Crippen LogP contribution in [-0.4, -0.2) is 20.4 Å². The predicted molar refractivity (Wildman–Crippen MR) is 94.1 cm³/mol. The average molecular weight is 335 g/mol. The number of benzene rings is 2. The lowest BCUT2D eigenvalue weighted by Gasteiger charge is -2.22. The number of para-hydroxylation sites is 1. The zero-order valence-corrected chi connectivity index (χ0v) is 13.4. The number of aromatic nitrogens is 2. The first-order chi connectivity index (χ1) is 11.7. The van der Waals surface area contributed by atoms with E-state index in [0.717, 1.165) is 10.6 Å². The van der Waals surface area contributed by atoms with Gasteiger partial charge in [-0.25, -0.2) is 4.98 Å². The van der Waals surface area contributed by atoms with E-state index in [-0.39, 0.29) is 11.7 Å². The fraction of sp³-hybridized carbons (Fsp3) is 0. The Balaban J connectivity index is 1.81. The van der Waals surface area contributed by atoms with Crippen molar-refractivity contribution in [2.24, 2.45) is 0 Å². The lowest BCUT2D eigenvalue weighted by atomic mass is 10.2. The predicted octanol–water partition coefficient (Wildman–Crippen LogP) is 4.08. The van der Waals surface area contributed by atoms with Gasteiger partial charge in [0.25, 0.3) is 5.91 Å². The Kier molecular flexibility index (Phi) is 3.51. The maximum atomic E-state index is 13.1. The van der Waals surface area contributed by atoms with Crippen molar-refractivity contribution in [3.63, 3.8) is 0 Å². The molecule has 0 atom stereocenters. The van der Waals surface area contributed by atoms with Gasteiger partial charge in [-0.1, -0.05) is 29.5 Å². The molecule has 0 saturated heterocycles. The molecule has 0 aliphatic carbocycles. The van der Waals surface area contributed by atoms with E-state index < -0.39 is 0 Å². The highest BCUT2D eigenvalue weighted by Gasteiger charge is 2.22. The van der Waals surface area contributed by atoms with E-state index in [1.54, 1.807) is 41.6 Å². The molecule has 5 nitrogen and oxygen atoms in total. The Labute approximate surface area is 142 Å². The molecule has 24 heavy (non-hydrogen) atoms. The molecule has 4 rings (SSSR count). The molecule has 0 saturated carbocycles. The second-order valence-electron chi connectivity index (χ2n) is 5.21. The summed E-state index contributed by atoms with van der Waals surface area (Å²) in [5.41, 5.74) is 1.45. The van der Waals surface area contributed by atoms with Crippen molar-refractivity contribution in [1.82, 2.24) is 9.38 Å². The number of hydrogen-bond acceptors (Lipinski definition) is 4. The summed E-state index contributed by atoms with van der Waals surface area (Å²) in [6, 6.07) is 16.0. The summed E-state index contributed by atoms with van der Waals surface area (Å²) in [7, 11) is 0. The fourth-order valence-corrected chi connectivity index (χ4v) is 3.37. The third-order valence-corrected chi connectivity index (χ3v) is 4.63. The smallest absolute Gasteiger partial charge is 0.274 e. The lowest BCUT2D eigenvalue weighted by Crippen LogP contribution is -2.25. The number of imidazole rings is 1. The molecule has 0 unspecified atom stereocenters. The lowest BCUT2D eigenvalue weighted by molar-refractivity contribution is 0.100. The second-order valence-corrected chi connectivity index (χ2v) is 6.21. The number of phenolic OH excluding ortho intramolecular Hbond substituents is 1. The first kappa shape index (κ1) is 14.5. The molecule has 2 aromatic carbocycles. The number of thiazole rings is 1. The minimum atomic E-state index is -0.137. The van der Waals surface area contributed by atoms with Gasteiger partial charge in [0.15, 0.2) is 4.96 Å². The van der Waals surface area contributed by atoms with E-state index in [4.69, 9.17) is 0 Å². The molecule has 1 amide bonds. The van der Waals surface area contributed by atoms with Crippen LogP contribution < -0.4 is 4.90 Å². The molecule has 1 N–H and O–H groups in total. The fourth-order valence-electron chi connectivity index (χ4n) is 2.50. The SMILES string of the molecule is O=C(c1cn2ccnc2s1)N(c1ccccc1)c1ccc(O)cc1. The summed E-state index contributed by atoms with van der Waals surface area (Å²) in [6.07, 6.45) is 5.30. The van der Waals surface area contributed by atoms with Gasteiger partial charge < -0.3 is 5.11 Å². The molecular formula is C18H13N3O2S. The largest absolute Gasteiger partial charge is 0.508 e. The highest BCUT2D eigenvalue weighted by Crippen LogP contribution is 2.30. The number of anilines is 2. The monoisotopic (exact) mass is 335 g/mol. The molecule has 0 radical (unpaired) electrons. The van der Waals surface area contributed by atoms with Crippen molar-refractivity contribution in [2.75, 3.05) is 4.90 Å². The molecule has 6 heteroatoms. The number of carbonyl (C=O) groups is 1. The summed E-state index contributed by atoms with van der Waals surface area (Å²) < 4.78 is 1.83. The summed E-state index contributed by atoms with van der Waals surface area (Å²) in [5, 5.41) is 9.52.